The van der Waals surface area contributed by atoms with E-state index in [4.69, 9.17) is 10.00 Å². The Morgan fingerprint density at radius 1 is 1.48 bits per heavy atom. The second-order valence-electron chi connectivity index (χ2n) is 5.25. The van der Waals surface area contributed by atoms with Crippen molar-refractivity contribution in [3.05, 3.63) is 46.0 Å². The van der Waals surface area contributed by atoms with Crippen LogP contribution in [0.3, 0.4) is 0 Å². The van der Waals surface area contributed by atoms with Crippen molar-refractivity contribution in [2.24, 2.45) is 5.92 Å². The molecular weight excluding hydrogens is 298 g/mol. The van der Waals surface area contributed by atoms with E-state index in [0.29, 0.717) is 37.2 Å². The molecule has 1 aromatic rings. The maximum Gasteiger partial charge on any atom is 0.308 e. The number of hydrogen-bond acceptors (Lipinski definition) is 6. The quantitative estimate of drug-likeness (QED) is 0.366. The Morgan fingerprint density at radius 2 is 2.17 bits per heavy atom. The number of likely N-dealkylation sites (tertiary alicyclic amines) is 1. The lowest BCUT2D eigenvalue weighted by Crippen LogP contribution is -2.35. The fourth-order valence-electron chi connectivity index (χ4n) is 2.72. The number of nitriles is 1. The van der Waals surface area contributed by atoms with E-state index in [0.717, 1.165) is 0 Å². The van der Waals surface area contributed by atoms with E-state index in [1.807, 2.05) is 11.0 Å². The van der Waals surface area contributed by atoms with Gasteiger partial charge in [0, 0.05) is 36.9 Å². The highest BCUT2D eigenvalue weighted by Gasteiger charge is 2.27. The van der Waals surface area contributed by atoms with Crippen LogP contribution in [-0.2, 0) is 9.53 Å². The minimum absolute atomic E-state index is 0.0178. The first-order valence-corrected chi connectivity index (χ1v) is 7.24. The van der Waals surface area contributed by atoms with E-state index >= 15 is 0 Å². The highest BCUT2D eigenvalue weighted by atomic mass is 16.6. The number of nitro benzene ring substituents is 1. The van der Waals surface area contributed by atoms with Crippen LogP contribution in [0.15, 0.2) is 30.3 Å². The topological polar surface area (TPSA) is 96.5 Å². The van der Waals surface area contributed by atoms with Gasteiger partial charge in [0.05, 0.1) is 29.7 Å². The number of ether oxygens (including phenoxy) is 1. The molecule has 1 aliphatic heterocycles. The molecule has 0 atom stereocenters. The van der Waals surface area contributed by atoms with Crippen LogP contribution in [-0.4, -0.2) is 36.0 Å². The summed E-state index contributed by atoms with van der Waals surface area (Å²) < 4.78 is 4.76. The zero-order valence-electron chi connectivity index (χ0n) is 12.8. The fraction of sp³-hybridized carbons (Fsp3) is 0.375. The number of methoxy groups -OCH3 is 1. The molecule has 0 aliphatic carbocycles. The van der Waals surface area contributed by atoms with Gasteiger partial charge in [0.25, 0.3) is 5.69 Å². The molecule has 23 heavy (non-hydrogen) atoms. The van der Waals surface area contributed by atoms with Crippen LogP contribution < -0.4 is 0 Å². The molecule has 7 heteroatoms. The second kappa shape index (κ2) is 7.40. The molecular formula is C16H17N3O4. The van der Waals surface area contributed by atoms with E-state index in [9.17, 15) is 14.9 Å². The first-order valence-electron chi connectivity index (χ1n) is 7.24. The highest BCUT2D eigenvalue weighted by Crippen LogP contribution is 2.28. The highest BCUT2D eigenvalue weighted by molar-refractivity contribution is 5.73. The standard InChI is InChI=1S/C16H17N3O4/c1-23-16(20)12-6-9-18(10-7-12)15(5-8-17)13-3-2-4-14(11-13)19(21)22/h2-5,11-12H,6-7,9-10H2,1H3/b15-5-. The first-order chi connectivity index (χ1) is 11.1. The molecule has 0 unspecified atom stereocenters. The SMILES string of the molecule is COC(=O)C1CCN(/C(=C\C#N)c2cccc([N+](=O)[O-])c2)CC1. The molecule has 2 rings (SSSR count). The lowest BCUT2D eigenvalue weighted by atomic mass is 9.95. The summed E-state index contributed by atoms with van der Waals surface area (Å²) in [5.41, 5.74) is 1.24. The van der Waals surface area contributed by atoms with Crippen molar-refractivity contribution in [3.63, 3.8) is 0 Å². The van der Waals surface area contributed by atoms with Crippen molar-refractivity contribution >= 4 is 17.4 Å². The van der Waals surface area contributed by atoms with Crippen LogP contribution in [0, 0.1) is 27.4 Å². The lowest BCUT2D eigenvalue weighted by molar-refractivity contribution is -0.384. The van der Waals surface area contributed by atoms with E-state index in [1.54, 1.807) is 12.1 Å². The van der Waals surface area contributed by atoms with Gasteiger partial charge in [-0.05, 0) is 12.8 Å². The van der Waals surface area contributed by atoms with Gasteiger partial charge in [-0.3, -0.25) is 14.9 Å². The third-order valence-corrected chi connectivity index (χ3v) is 3.92. The van der Waals surface area contributed by atoms with Gasteiger partial charge in [-0.25, -0.2) is 0 Å². The van der Waals surface area contributed by atoms with Crippen molar-refractivity contribution in [1.29, 1.82) is 5.26 Å². The van der Waals surface area contributed by atoms with Crippen molar-refractivity contribution < 1.29 is 14.5 Å². The first kappa shape index (κ1) is 16.5. The van der Waals surface area contributed by atoms with E-state index in [2.05, 4.69) is 0 Å². The predicted molar refractivity (Wildman–Crippen MR) is 83.0 cm³/mol. The Kier molecular flexibility index (Phi) is 5.31. The molecule has 1 heterocycles. The maximum atomic E-state index is 11.6. The van der Waals surface area contributed by atoms with Gasteiger partial charge in [0.2, 0.25) is 0 Å². The van der Waals surface area contributed by atoms with Crippen LogP contribution in [0.1, 0.15) is 18.4 Å². The second-order valence-corrected chi connectivity index (χ2v) is 5.25. The number of piperidine rings is 1. The Bertz CT molecular complexity index is 670. The smallest absolute Gasteiger partial charge is 0.308 e. The number of esters is 1. The molecule has 7 nitrogen and oxygen atoms in total. The Labute approximate surface area is 133 Å². The van der Waals surface area contributed by atoms with E-state index in [-0.39, 0.29) is 17.6 Å². The summed E-state index contributed by atoms with van der Waals surface area (Å²) in [7, 11) is 1.37. The number of hydrogen-bond donors (Lipinski definition) is 0. The zero-order valence-corrected chi connectivity index (χ0v) is 12.8. The van der Waals surface area contributed by atoms with Gasteiger partial charge in [-0.15, -0.1) is 0 Å². The van der Waals surface area contributed by atoms with E-state index in [1.165, 1.54) is 25.3 Å². The number of nitro groups is 1. The van der Waals surface area contributed by atoms with Gasteiger partial charge < -0.3 is 9.64 Å². The third-order valence-electron chi connectivity index (χ3n) is 3.92. The normalized spacial score (nSPS) is 15.8. The van der Waals surface area contributed by atoms with Crippen molar-refractivity contribution in [2.75, 3.05) is 20.2 Å². The minimum Gasteiger partial charge on any atom is -0.469 e. The van der Waals surface area contributed by atoms with Crippen LogP contribution in [0.5, 0.6) is 0 Å². The summed E-state index contributed by atoms with van der Waals surface area (Å²) in [6.07, 6.45) is 2.65. The maximum absolute atomic E-state index is 11.6. The van der Waals surface area contributed by atoms with Gasteiger partial charge >= 0.3 is 5.97 Å². The molecule has 0 aromatic heterocycles. The number of nitrogens with zero attached hydrogens (tertiary/aromatic N) is 3. The van der Waals surface area contributed by atoms with Gasteiger partial charge in [0.15, 0.2) is 0 Å². The molecule has 0 saturated carbocycles. The molecule has 1 saturated heterocycles. The number of benzene rings is 1. The van der Waals surface area contributed by atoms with Crippen LogP contribution in [0.2, 0.25) is 0 Å². The number of non-ortho nitro benzene ring substituents is 1. The summed E-state index contributed by atoms with van der Waals surface area (Å²) in [6.45, 7) is 1.19. The fourth-order valence-corrected chi connectivity index (χ4v) is 2.72. The molecule has 1 aliphatic rings. The monoisotopic (exact) mass is 315 g/mol. The molecule has 1 fully saturated rings. The summed E-state index contributed by atoms with van der Waals surface area (Å²) in [5.74, 6) is -0.351. The third kappa shape index (κ3) is 3.86. The van der Waals surface area contributed by atoms with Gasteiger partial charge in [0.1, 0.15) is 0 Å². The molecule has 0 N–H and O–H groups in total. The number of allylic oxidation sites excluding steroid dienone is 1. The average Bonchev–Trinajstić information content (AvgIpc) is 2.59. The molecule has 120 valence electrons. The van der Waals surface area contributed by atoms with Gasteiger partial charge in [-0.1, -0.05) is 12.1 Å². The Balaban J connectivity index is 2.20. The molecule has 0 amide bonds. The Morgan fingerprint density at radius 3 is 2.74 bits per heavy atom. The summed E-state index contributed by atoms with van der Waals surface area (Å²) in [5, 5.41) is 19.9. The summed E-state index contributed by atoms with van der Waals surface area (Å²) in [6, 6.07) is 8.20. The van der Waals surface area contributed by atoms with Crippen molar-refractivity contribution in [3.8, 4) is 6.07 Å². The molecule has 1 aromatic carbocycles. The molecule has 0 bridgehead atoms. The van der Waals surface area contributed by atoms with Crippen LogP contribution in [0.4, 0.5) is 5.69 Å². The summed E-state index contributed by atoms with van der Waals surface area (Å²) in [4.78, 5) is 24.0. The van der Waals surface area contributed by atoms with Crippen molar-refractivity contribution in [2.45, 2.75) is 12.8 Å². The van der Waals surface area contributed by atoms with Crippen molar-refractivity contribution in [1.82, 2.24) is 4.90 Å². The molecule has 0 radical (unpaired) electrons. The zero-order chi connectivity index (χ0) is 16.8. The lowest BCUT2D eigenvalue weighted by Gasteiger charge is -2.33. The van der Waals surface area contributed by atoms with Crippen LogP contribution >= 0.6 is 0 Å². The minimum atomic E-state index is -0.461. The Hall–Kier alpha value is -2.88. The number of rotatable bonds is 4. The van der Waals surface area contributed by atoms with Gasteiger partial charge in [-0.2, -0.15) is 5.26 Å². The van der Waals surface area contributed by atoms with Crippen LogP contribution in [0.25, 0.3) is 5.70 Å². The molecule has 0 spiro atoms. The largest absolute Gasteiger partial charge is 0.469 e. The predicted octanol–water partition coefficient (Wildman–Crippen LogP) is 2.34. The summed E-state index contributed by atoms with van der Waals surface area (Å²) >= 11 is 0. The number of carbonyl (C=O) groups excluding carboxylic acids is 1. The average molecular weight is 315 g/mol. The van der Waals surface area contributed by atoms with E-state index < -0.39 is 4.92 Å². The number of carbonyl (C=O) groups is 1.